The van der Waals surface area contributed by atoms with Crippen molar-refractivity contribution in [1.82, 2.24) is 4.98 Å². The molecule has 0 saturated heterocycles. The van der Waals surface area contributed by atoms with Crippen LogP contribution in [0.1, 0.15) is 11.3 Å². The van der Waals surface area contributed by atoms with E-state index in [9.17, 15) is 4.79 Å². The third kappa shape index (κ3) is 4.06. The van der Waals surface area contributed by atoms with E-state index in [1.807, 2.05) is 48.7 Å². The zero-order chi connectivity index (χ0) is 16.2. The lowest BCUT2D eigenvalue weighted by Gasteiger charge is -2.04. The summed E-state index contributed by atoms with van der Waals surface area (Å²) >= 11 is 4.90. The lowest BCUT2D eigenvalue weighted by Crippen LogP contribution is -2.11. The second-order valence-electron chi connectivity index (χ2n) is 5.09. The zero-order valence-corrected chi connectivity index (χ0v) is 14.9. The predicted molar refractivity (Wildman–Crippen MR) is 95.8 cm³/mol. The van der Waals surface area contributed by atoms with Gasteiger partial charge in [0.1, 0.15) is 10.8 Å². The highest BCUT2D eigenvalue weighted by Crippen LogP contribution is 2.26. The Kier molecular flexibility index (Phi) is 4.88. The Morgan fingerprint density at radius 3 is 2.83 bits per heavy atom. The van der Waals surface area contributed by atoms with Gasteiger partial charge < -0.3 is 4.74 Å². The number of para-hydroxylation sites is 1. The van der Waals surface area contributed by atoms with Crippen molar-refractivity contribution in [2.24, 2.45) is 0 Å². The number of halogens is 1. The predicted octanol–water partition coefficient (Wildman–Crippen LogP) is 5.03. The molecule has 2 aromatic carbocycles. The van der Waals surface area contributed by atoms with Gasteiger partial charge in [0.25, 0.3) is 0 Å². The molecule has 0 bridgehead atoms. The Morgan fingerprint density at radius 1 is 1.22 bits per heavy atom. The standard InChI is InChI=1S/C18H14BrNO2S/c1-12-5-4-6-13(9-12)18-20-14(11-23-18)10-17(21)22-16-8-3-2-7-15(16)19/h2-9,11H,10H2,1H3. The number of ether oxygens (including phenoxy) is 1. The number of rotatable bonds is 4. The van der Waals surface area contributed by atoms with Crippen LogP contribution in [0.3, 0.4) is 0 Å². The average Bonchev–Trinajstić information content (AvgIpc) is 2.98. The molecule has 0 unspecified atom stereocenters. The number of aryl methyl sites for hydroxylation is 1. The number of aromatic nitrogens is 1. The molecule has 0 atom stereocenters. The van der Waals surface area contributed by atoms with Gasteiger partial charge in [-0.15, -0.1) is 11.3 Å². The van der Waals surface area contributed by atoms with Crippen LogP contribution in [0.15, 0.2) is 58.4 Å². The van der Waals surface area contributed by atoms with Crippen LogP contribution in [0.25, 0.3) is 10.6 Å². The first-order chi connectivity index (χ1) is 11.1. The minimum absolute atomic E-state index is 0.156. The van der Waals surface area contributed by atoms with E-state index in [0.29, 0.717) is 5.75 Å². The molecule has 0 aliphatic carbocycles. The first-order valence-corrected chi connectivity index (χ1v) is 8.76. The van der Waals surface area contributed by atoms with E-state index in [2.05, 4.69) is 27.0 Å². The van der Waals surface area contributed by atoms with Crippen LogP contribution in [0.5, 0.6) is 5.75 Å². The summed E-state index contributed by atoms with van der Waals surface area (Å²) in [5.41, 5.74) is 2.98. The fourth-order valence-electron chi connectivity index (χ4n) is 2.13. The lowest BCUT2D eigenvalue weighted by atomic mass is 10.1. The van der Waals surface area contributed by atoms with E-state index in [4.69, 9.17) is 4.74 Å². The molecule has 0 amide bonds. The summed E-state index contributed by atoms with van der Waals surface area (Å²) in [6, 6.07) is 15.4. The Hall–Kier alpha value is -1.98. The molecular formula is C18H14BrNO2S. The fraction of sp³-hybridized carbons (Fsp3) is 0.111. The second kappa shape index (κ2) is 7.06. The first-order valence-electron chi connectivity index (χ1n) is 7.08. The van der Waals surface area contributed by atoms with Gasteiger partial charge in [-0.2, -0.15) is 0 Å². The zero-order valence-electron chi connectivity index (χ0n) is 12.5. The van der Waals surface area contributed by atoms with Crippen molar-refractivity contribution in [3.8, 4) is 16.3 Å². The number of esters is 1. The van der Waals surface area contributed by atoms with E-state index in [-0.39, 0.29) is 12.4 Å². The van der Waals surface area contributed by atoms with E-state index in [1.54, 1.807) is 6.07 Å². The maximum absolute atomic E-state index is 12.1. The third-order valence-electron chi connectivity index (χ3n) is 3.20. The highest BCUT2D eigenvalue weighted by molar-refractivity contribution is 9.10. The molecule has 3 aromatic rings. The van der Waals surface area contributed by atoms with Gasteiger partial charge in [-0.3, -0.25) is 4.79 Å². The summed E-state index contributed by atoms with van der Waals surface area (Å²) in [4.78, 5) is 16.6. The van der Waals surface area contributed by atoms with Gasteiger partial charge in [0.05, 0.1) is 16.6 Å². The van der Waals surface area contributed by atoms with Gasteiger partial charge in [-0.05, 0) is 41.1 Å². The van der Waals surface area contributed by atoms with Gasteiger partial charge in [-0.1, -0.05) is 35.9 Å². The van der Waals surface area contributed by atoms with Crippen molar-refractivity contribution >= 4 is 33.2 Å². The summed E-state index contributed by atoms with van der Waals surface area (Å²) in [5.74, 6) is 0.199. The second-order valence-corrected chi connectivity index (χ2v) is 6.81. The van der Waals surface area contributed by atoms with E-state index >= 15 is 0 Å². The monoisotopic (exact) mass is 387 g/mol. The number of carbonyl (C=O) groups excluding carboxylic acids is 1. The summed E-state index contributed by atoms with van der Waals surface area (Å²) in [5, 5.41) is 2.82. The number of hydrogen-bond donors (Lipinski definition) is 0. The molecule has 0 saturated carbocycles. The van der Waals surface area contributed by atoms with E-state index < -0.39 is 0 Å². The molecule has 116 valence electrons. The molecule has 0 radical (unpaired) electrons. The topological polar surface area (TPSA) is 39.2 Å². The van der Waals surface area contributed by atoms with Crippen molar-refractivity contribution in [2.75, 3.05) is 0 Å². The third-order valence-corrected chi connectivity index (χ3v) is 4.80. The van der Waals surface area contributed by atoms with Crippen LogP contribution in [-0.4, -0.2) is 11.0 Å². The Balaban J connectivity index is 1.69. The van der Waals surface area contributed by atoms with Crippen molar-refractivity contribution in [3.05, 3.63) is 69.6 Å². The minimum atomic E-state index is -0.321. The highest BCUT2D eigenvalue weighted by atomic mass is 79.9. The maximum Gasteiger partial charge on any atom is 0.317 e. The highest BCUT2D eigenvalue weighted by Gasteiger charge is 2.12. The molecule has 23 heavy (non-hydrogen) atoms. The van der Waals surface area contributed by atoms with Crippen LogP contribution in [-0.2, 0) is 11.2 Å². The summed E-state index contributed by atoms with van der Waals surface area (Å²) in [6.07, 6.45) is 0.156. The average molecular weight is 388 g/mol. The quantitative estimate of drug-likeness (QED) is 0.465. The molecule has 5 heteroatoms. The molecule has 0 fully saturated rings. The lowest BCUT2D eigenvalue weighted by molar-refractivity contribution is -0.133. The minimum Gasteiger partial charge on any atom is -0.425 e. The van der Waals surface area contributed by atoms with Gasteiger partial charge in [-0.25, -0.2) is 4.98 Å². The van der Waals surface area contributed by atoms with Gasteiger partial charge in [0.2, 0.25) is 0 Å². The molecule has 0 aliphatic rings. The summed E-state index contributed by atoms with van der Waals surface area (Å²) in [7, 11) is 0. The Bertz CT molecular complexity index is 844. The summed E-state index contributed by atoms with van der Waals surface area (Å²) < 4.78 is 6.12. The summed E-state index contributed by atoms with van der Waals surface area (Å²) in [6.45, 7) is 2.05. The largest absolute Gasteiger partial charge is 0.425 e. The number of carbonyl (C=O) groups is 1. The number of thiazole rings is 1. The Labute approximate surface area is 147 Å². The molecule has 1 aromatic heterocycles. The molecule has 3 nitrogen and oxygen atoms in total. The number of nitrogens with zero attached hydrogens (tertiary/aromatic N) is 1. The van der Waals surface area contributed by atoms with E-state index in [1.165, 1.54) is 16.9 Å². The van der Waals surface area contributed by atoms with Gasteiger partial charge in [0, 0.05) is 10.9 Å². The maximum atomic E-state index is 12.1. The van der Waals surface area contributed by atoms with Crippen LogP contribution < -0.4 is 4.74 Å². The molecule has 3 rings (SSSR count). The Morgan fingerprint density at radius 2 is 2.04 bits per heavy atom. The smallest absolute Gasteiger partial charge is 0.317 e. The fourth-order valence-corrected chi connectivity index (χ4v) is 3.32. The molecular weight excluding hydrogens is 374 g/mol. The van der Waals surface area contributed by atoms with Gasteiger partial charge >= 0.3 is 5.97 Å². The normalized spacial score (nSPS) is 10.5. The van der Waals surface area contributed by atoms with Crippen molar-refractivity contribution in [3.63, 3.8) is 0 Å². The molecule has 0 spiro atoms. The van der Waals surface area contributed by atoms with Crippen LogP contribution in [0.2, 0.25) is 0 Å². The van der Waals surface area contributed by atoms with Crippen molar-refractivity contribution in [1.29, 1.82) is 0 Å². The SMILES string of the molecule is Cc1cccc(-c2nc(CC(=O)Oc3ccccc3Br)cs2)c1. The van der Waals surface area contributed by atoms with Crippen LogP contribution in [0, 0.1) is 6.92 Å². The van der Waals surface area contributed by atoms with Crippen LogP contribution in [0.4, 0.5) is 0 Å². The van der Waals surface area contributed by atoms with Crippen LogP contribution >= 0.6 is 27.3 Å². The molecule has 1 heterocycles. The van der Waals surface area contributed by atoms with E-state index in [0.717, 1.165) is 20.7 Å². The number of benzene rings is 2. The first kappa shape index (κ1) is 15.9. The molecule has 0 aliphatic heterocycles. The van der Waals surface area contributed by atoms with Crippen molar-refractivity contribution < 1.29 is 9.53 Å². The molecule has 0 N–H and O–H groups in total. The van der Waals surface area contributed by atoms with Gasteiger partial charge in [0.15, 0.2) is 0 Å². The number of hydrogen-bond acceptors (Lipinski definition) is 4. The van der Waals surface area contributed by atoms with Crippen molar-refractivity contribution in [2.45, 2.75) is 13.3 Å².